The Labute approximate surface area is 153 Å². The normalized spacial score (nSPS) is 12.8. The Hall–Kier alpha value is -0.730. The molecule has 0 aliphatic heterocycles. The zero-order valence-electron chi connectivity index (χ0n) is 16.3. The number of hydrogen-bond acceptors (Lipinski definition) is 6. The van der Waals surface area contributed by atoms with Gasteiger partial charge >= 0.3 is 5.97 Å². The lowest BCUT2D eigenvalue weighted by molar-refractivity contribution is -0.138. The monoisotopic (exact) mass is 359 g/mol. The molecule has 9 N–H and O–H groups in total. The molecule has 0 amide bonds. The van der Waals surface area contributed by atoms with Crippen molar-refractivity contribution in [2.75, 3.05) is 19.6 Å². The molecule has 0 unspecified atom stereocenters. The summed E-state index contributed by atoms with van der Waals surface area (Å²) in [6, 6.07) is 0. The first-order valence-corrected chi connectivity index (χ1v) is 9.71. The molecule has 0 fully saturated rings. The van der Waals surface area contributed by atoms with Crippen LogP contribution in [0.2, 0.25) is 0 Å². The highest BCUT2D eigenvalue weighted by atomic mass is 16.4. The first-order chi connectivity index (χ1) is 11.6. The minimum atomic E-state index is -0.929. The van der Waals surface area contributed by atoms with Crippen LogP contribution in [0.1, 0.15) is 78.1 Å². The van der Waals surface area contributed by atoms with Crippen molar-refractivity contribution in [2.45, 2.75) is 89.4 Å². The molecular weight excluding hydrogens is 318 g/mol. The number of hydrogen-bond donors (Lipinski definition) is 5. The van der Waals surface area contributed by atoms with E-state index in [9.17, 15) is 4.79 Å². The molecule has 0 bridgehead atoms. The zero-order valence-corrected chi connectivity index (χ0v) is 16.3. The summed E-state index contributed by atoms with van der Waals surface area (Å²) < 4.78 is 0. The highest BCUT2D eigenvalue weighted by molar-refractivity contribution is 5.69. The van der Waals surface area contributed by atoms with Gasteiger partial charge in [0.1, 0.15) is 0 Å². The van der Waals surface area contributed by atoms with Gasteiger partial charge in [0.25, 0.3) is 0 Å². The fourth-order valence-electron chi connectivity index (χ4n) is 3.11. The van der Waals surface area contributed by atoms with Gasteiger partial charge in [-0.3, -0.25) is 9.69 Å². The zero-order chi connectivity index (χ0) is 19.3. The molecule has 25 heavy (non-hydrogen) atoms. The molecule has 0 saturated carbocycles. The molecule has 150 valence electrons. The largest absolute Gasteiger partial charge is 0.480 e. The highest BCUT2D eigenvalue weighted by Crippen LogP contribution is 2.14. The molecule has 0 atom stereocenters. The predicted octanol–water partition coefficient (Wildman–Crippen LogP) is 1.54. The van der Waals surface area contributed by atoms with E-state index in [1.54, 1.807) is 4.90 Å². The third-order valence-corrected chi connectivity index (χ3v) is 4.39. The Morgan fingerprint density at radius 2 is 1.20 bits per heavy atom. The van der Waals surface area contributed by atoms with E-state index in [0.717, 1.165) is 51.4 Å². The van der Waals surface area contributed by atoms with Crippen LogP contribution in [0.15, 0.2) is 0 Å². The fourth-order valence-corrected chi connectivity index (χ4v) is 3.11. The fraction of sp³-hybridized carbons (Fsp3) is 0.944. The van der Waals surface area contributed by atoms with E-state index >= 15 is 0 Å². The summed E-state index contributed by atoms with van der Waals surface area (Å²) in [5.41, 5.74) is 22.9. The molecule has 0 rings (SSSR count). The lowest BCUT2D eigenvalue weighted by atomic mass is 9.99. The Morgan fingerprint density at radius 1 is 0.800 bits per heavy atom. The minimum Gasteiger partial charge on any atom is -0.480 e. The number of unbranched alkanes of at least 4 members (excludes halogenated alkanes) is 6. The van der Waals surface area contributed by atoms with Gasteiger partial charge in [0.15, 0.2) is 0 Å². The van der Waals surface area contributed by atoms with Crippen LogP contribution >= 0.6 is 0 Å². The second-order valence-corrected chi connectivity index (χ2v) is 7.63. The van der Waals surface area contributed by atoms with Crippen molar-refractivity contribution < 1.29 is 9.90 Å². The number of carbonyl (C=O) groups is 1. The first kappa shape index (κ1) is 24.3. The van der Waals surface area contributed by atoms with Crippen LogP contribution in [0, 0.1) is 0 Å². The molecule has 0 spiro atoms. The molecule has 0 radical (unpaired) electrons. The van der Waals surface area contributed by atoms with Crippen LogP contribution in [0.4, 0.5) is 0 Å². The number of nitrogens with two attached hydrogens (primary N) is 4. The molecule has 7 heteroatoms. The van der Waals surface area contributed by atoms with Crippen LogP contribution in [0.5, 0.6) is 0 Å². The molecule has 0 aliphatic carbocycles. The summed E-state index contributed by atoms with van der Waals surface area (Å²) in [6.45, 7) is 4.69. The van der Waals surface area contributed by atoms with E-state index in [1.807, 2.05) is 0 Å². The number of aliphatic carboxylic acids is 1. The topological polar surface area (TPSA) is 145 Å². The average Bonchev–Trinajstić information content (AvgIpc) is 2.46. The Bertz CT molecular complexity index is 335. The van der Waals surface area contributed by atoms with E-state index in [4.69, 9.17) is 28.0 Å². The maximum atomic E-state index is 11.2. The van der Waals surface area contributed by atoms with Gasteiger partial charge in [-0.25, -0.2) is 0 Å². The van der Waals surface area contributed by atoms with Gasteiger partial charge in [0.05, 0.1) is 17.9 Å². The van der Waals surface area contributed by atoms with Gasteiger partial charge < -0.3 is 28.0 Å². The number of carboxylic acids is 1. The van der Waals surface area contributed by atoms with Crippen LogP contribution in [-0.2, 0) is 4.79 Å². The molecular formula is C18H41N5O2. The minimum absolute atomic E-state index is 0.157. The summed E-state index contributed by atoms with van der Waals surface area (Å²) in [6.07, 6.45) is 9.96. The van der Waals surface area contributed by atoms with E-state index in [0.29, 0.717) is 12.8 Å². The van der Waals surface area contributed by atoms with E-state index in [2.05, 4.69) is 13.8 Å². The van der Waals surface area contributed by atoms with Gasteiger partial charge in [-0.05, 0) is 12.8 Å². The highest BCUT2D eigenvalue weighted by Gasteiger charge is 2.29. The third-order valence-electron chi connectivity index (χ3n) is 4.39. The summed E-state index contributed by atoms with van der Waals surface area (Å²) in [7, 11) is 0. The molecule has 0 aliphatic rings. The lowest BCUT2D eigenvalue weighted by Gasteiger charge is -2.36. The third kappa shape index (κ3) is 14.2. The standard InChI is InChI=1S/C18H41N5O2/c1-3-5-7-9-11-17(19,20)14-23(13-16(24)25)15-18(21,22)12-10-8-6-4-2/h3-15,19-22H2,1-2H3,(H,24,25). The van der Waals surface area contributed by atoms with E-state index in [-0.39, 0.29) is 19.6 Å². The second-order valence-electron chi connectivity index (χ2n) is 7.63. The van der Waals surface area contributed by atoms with Crippen LogP contribution in [0.25, 0.3) is 0 Å². The predicted molar refractivity (Wildman–Crippen MR) is 104 cm³/mol. The van der Waals surface area contributed by atoms with Gasteiger partial charge in [-0.1, -0.05) is 65.2 Å². The van der Waals surface area contributed by atoms with Crippen molar-refractivity contribution in [3.63, 3.8) is 0 Å². The number of nitrogens with zero attached hydrogens (tertiary/aromatic N) is 1. The Balaban J connectivity index is 4.57. The van der Waals surface area contributed by atoms with Gasteiger partial charge in [-0.15, -0.1) is 0 Å². The molecule has 0 aromatic rings. The second kappa shape index (κ2) is 12.6. The smallest absolute Gasteiger partial charge is 0.317 e. The van der Waals surface area contributed by atoms with Crippen LogP contribution in [0.3, 0.4) is 0 Å². The molecule has 0 aromatic heterocycles. The summed E-state index contributed by atoms with van der Waals surface area (Å²) in [5.74, 6) is -0.927. The maximum Gasteiger partial charge on any atom is 0.317 e. The first-order valence-electron chi connectivity index (χ1n) is 9.71. The number of carboxylic acid groups (broad SMARTS) is 1. The van der Waals surface area contributed by atoms with E-state index < -0.39 is 17.3 Å². The van der Waals surface area contributed by atoms with Gasteiger partial charge in [0.2, 0.25) is 0 Å². The summed E-state index contributed by atoms with van der Waals surface area (Å²) >= 11 is 0. The molecule has 7 nitrogen and oxygen atoms in total. The van der Waals surface area contributed by atoms with Crippen molar-refractivity contribution in [1.29, 1.82) is 0 Å². The Kier molecular flexibility index (Phi) is 12.2. The average molecular weight is 360 g/mol. The summed E-state index contributed by atoms with van der Waals surface area (Å²) in [5, 5.41) is 9.16. The van der Waals surface area contributed by atoms with Crippen molar-refractivity contribution in [2.24, 2.45) is 22.9 Å². The molecule has 0 aromatic carbocycles. The lowest BCUT2D eigenvalue weighted by Crippen LogP contribution is -2.63. The Morgan fingerprint density at radius 3 is 1.52 bits per heavy atom. The molecule has 0 saturated heterocycles. The van der Waals surface area contributed by atoms with Crippen molar-refractivity contribution in [3.8, 4) is 0 Å². The SMILES string of the molecule is CCCCCCC(N)(N)CN(CC(=O)O)CC(N)(N)CCCCCC. The summed E-state index contributed by atoms with van der Waals surface area (Å²) in [4.78, 5) is 12.9. The van der Waals surface area contributed by atoms with Gasteiger partial charge in [0, 0.05) is 13.1 Å². The van der Waals surface area contributed by atoms with Crippen molar-refractivity contribution in [3.05, 3.63) is 0 Å². The van der Waals surface area contributed by atoms with Gasteiger partial charge in [-0.2, -0.15) is 0 Å². The quantitative estimate of drug-likeness (QED) is 0.207. The van der Waals surface area contributed by atoms with Crippen LogP contribution < -0.4 is 22.9 Å². The number of rotatable bonds is 16. The van der Waals surface area contributed by atoms with Crippen molar-refractivity contribution in [1.82, 2.24) is 4.90 Å². The van der Waals surface area contributed by atoms with E-state index in [1.165, 1.54) is 0 Å². The molecule has 0 heterocycles. The maximum absolute atomic E-state index is 11.2. The van der Waals surface area contributed by atoms with Crippen LogP contribution in [-0.4, -0.2) is 46.9 Å². The van der Waals surface area contributed by atoms with Crippen molar-refractivity contribution >= 4 is 5.97 Å².